The molecule has 0 aromatic heterocycles. The minimum atomic E-state index is -0.715. The zero-order valence-corrected chi connectivity index (χ0v) is 19.3. The SMILES string of the molecule is COC(=O)C12CC3CC(C1)C1(OOC4(CCC(c5ccc(OC(C)=O)cc5)CC4)O1)C(C3)C2. The lowest BCUT2D eigenvalue weighted by Gasteiger charge is -2.60. The molecule has 0 radical (unpaired) electrons. The number of carbonyl (C=O) groups excluding carboxylic acids is 2. The third-order valence-corrected chi connectivity index (χ3v) is 8.98. The van der Waals surface area contributed by atoms with Crippen molar-refractivity contribution in [2.24, 2.45) is 23.2 Å². The average Bonchev–Trinajstić information content (AvgIpc) is 3.17. The summed E-state index contributed by atoms with van der Waals surface area (Å²) in [4.78, 5) is 36.0. The highest BCUT2D eigenvalue weighted by Gasteiger charge is 2.71. The summed E-state index contributed by atoms with van der Waals surface area (Å²) in [5.74, 6) is 0.0910. The molecule has 5 aliphatic carbocycles. The van der Waals surface area contributed by atoms with Crippen LogP contribution >= 0.6 is 0 Å². The van der Waals surface area contributed by atoms with E-state index in [9.17, 15) is 9.59 Å². The van der Waals surface area contributed by atoms with E-state index < -0.39 is 11.6 Å². The summed E-state index contributed by atoms with van der Waals surface area (Å²) in [5, 5.41) is 0. The van der Waals surface area contributed by atoms with E-state index in [1.54, 1.807) is 0 Å². The summed E-state index contributed by atoms with van der Waals surface area (Å²) < 4.78 is 17.2. The predicted octanol–water partition coefficient (Wildman–Crippen LogP) is 4.64. The van der Waals surface area contributed by atoms with Gasteiger partial charge in [0.1, 0.15) is 5.75 Å². The molecule has 5 saturated carbocycles. The lowest BCUT2D eigenvalue weighted by Crippen LogP contribution is -2.64. The summed E-state index contributed by atoms with van der Waals surface area (Å²) in [5.41, 5.74) is 0.874. The molecule has 6 aliphatic rings. The van der Waals surface area contributed by atoms with E-state index in [1.807, 2.05) is 24.3 Å². The molecule has 7 rings (SSSR count). The van der Waals surface area contributed by atoms with Gasteiger partial charge < -0.3 is 14.2 Å². The lowest BCUT2D eigenvalue weighted by molar-refractivity contribution is -0.393. The molecule has 1 aromatic carbocycles. The Morgan fingerprint density at radius 2 is 1.64 bits per heavy atom. The van der Waals surface area contributed by atoms with Crippen molar-refractivity contribution in [3.63, 3.8) is 0 Å². The molecule has 6 fully saturated rings. The Morgan fingerprint density at radius 1 is 0.970 bits per heavy atom. The number of carbonyl (C=O) groups is 2. The maximum absolute atomic E-state index is 12.6. The van der Waals surface area contributed by atoms with Crippen LogP contribution in [-0.2, 0) is 28.8 Å². The Balaban J connectivity index is 1.14. The van der Waals surface area contributed by atoms with Crippen molar-refractivity contribution in [2.45, 2.75) is 82.2 Å². The quantitative estimate of drug-likeness (QED) is 0.372. The molecule has 2 atom stereocenters. The Kier molecular flexibility index (Phi) is 4.91. The van der Waals surface area contributed by atoms with Crippen LogP contribution in [0.4, 0.5) is 0 Å². The summed E-state index contributed by atoms with van der Waals surface area (Å²) >= 11 is 0. The second kappa shape index (κ2) is 7.52. The van der Waals surface area contributed by atoms with Crippen LogP contribution in [0.2, 0.25) is 0 Å². The summed E-state index contributed by atoms with van der Waals surface area (Å²) in [7, 11) is 1.50. The highest BCUT2D eigenvalue weighted by atomic mass is 17.3. The van der Waals surface area contributed by atoms with Crippen molar-refractivity contribution in [2.75, 3.05) is 7.11 Å². The van der Waals surface area contributed by atoms with Crippen LogP contribution in [0.5, 0.6) is 5.75 Å². The first-order chi connectivity index (χ1) is 15.9. The van der Waals surface area contributed by atoms with Crippen LogP contribution in [0.1, 0.15) is 76.2 Å². The van der Waals surface area contributed by atoms with Crippen molar-refractivity contribution >= 4 is 11.9 Å². The number of benzene rings is 1. The minimum absolute atomic E-state index is 0.0643. The van der Waals surface area contributed by atoms with Crippen molar-refractivity contribution in [3.8, 4) is 5.75 Å². The van der Waals surface area contributed by atoms with Gasteiger partial charge in [0.05, 0.1) is 12.5 Å². The van der Waals surface area contributed by atoms with Gasteiger partial charge in [-0.05, 0) is 74.5 Å². The second-order valence-corrected chi connectivity index (χ2v) is 11.0. The normalized spacial score (nSPS) is 43.2. The fourth-order valence-electron chi connectivity index (χ4n) is 7.71. The first-order valence-electron chi connectivity index (χ1n) is 12.3. The molecule has 0 N–H and O–H groups in total. The van der Waals surface area contributed by atoms with E-state index in [-0.39, 0.29) is 29.2 Å². The zero-order valence-electron chi connectivity index (χ0n) is 19.3. The van der Waals surface area contributed by atoms with Crippen molar-refractivity contribution in [1.82, 2.24) is 0 Å². The van der Waals surface area contributed by atoms with Gasteiger partial charge in [0.2, 0.25) is 11.6 Å². The van der Waals surface area contributed by atoms with Crippen LogP contribution < -0.4 is 4.74 Å². The average molecular weight is 457 g/mol. The maximum Gasteiger partial charge on any atom is 0.311 e. The van der Waals surface area contributed by atoms with Crippen molar-refractivity contribution in [3.05, 3.63) is 29.8 Å². The molecule has 1 aromatic rings. The molecule has 1 aliphatic heterocycles. The molecule has 4 bridgehead atoms. The Bertz CT molecular complexity index is 930. The lowest BCUT2D eigenvalue weighted by atomic mass is 9.47. The molecule has 178 valence electrons. The van der Waals surface area contributed by atoms with Crippen LogP contribution in [0.25, 0.3) is 0 Å². The van der Waals surface area contributed by atoms with Crippen molar-refractivity contribution < 1.29 is 33.6 Å². The zero-order chi connectivity index (χ0) is 22.8. The van der Waals surface area contributed by atoms with Gasteiger partial charge in [-0.1, -0.05) is 12.1 Å². The highest BCUT2D eigenvalue weighted by molar-refractivity contribution is 5.77. The fourth-order valence-corrected chi connectivity index (χ4v) is 7.71. The molecule has 7 heteroatoms. The smallest absolute Gasteiger partial charge is 0.311 e. The Labute approximate surface area is 194 Å². The summed E-state index contributed by atoms with van der Waals surface area (Å²) in [6.07, 6.45) is 7.97. The van der Waals surface area contributed by atoms with E-state index >= 15 is 0 Å². The van der Waals surface area contributed by atoms with Crippen LogP contribution in [-0.4, -0.2) is 30.6 Å². The monoisotopic (exact) mass is 456 g/mol. The Hall–Kier alpha value is -1.96. The molecule has 1 heterocycles. The van der Waals surface area contributed by atoms with Crippen molar-refractivity contribution in [1.29, 1.82) is 0 Å². The molecule has 1 saturated heterocycles. The predicted molar refractivity (Wildman–Crippen MR) is 116 cm³/mol. The standard InChI is InChI=1S/C26H32O7/c1-16(27)30-22-5-3-18(4-6-22)19-7-9-25(10-8-19)31-26(33-32-25)20-11-17-12-21(26)15-24(13-17,14-20)23(28)29-2/h3-6,17,19-21H,7-15H2,1-2H3. The van der Waals surface area contributed by atoms with E-state index in [4.69, 9.17) is 24.0 Å². The van der Waals surface area contributed by atoms with E-state index in [0.717, 1.165) is 57.8 Å². The molecular weight excluding hydrogens is 424 g/mol. The number of rotatable bonds is 3. The number of hydrogen-bond donors (Lipinski definition) is 0. The van der Waals surface area contributed by atoms with Gasteiger partial charge in [-0.25, -0.2) is 0 Å². The first-order valence-corrected chi connectivity index (χ1v) is 12.3. The van der Waals surface area contributed by atoms with Gasteiger partial charge in [0.25, 0.3) is 0 Å². The summed E-state index contributed by atoms with van der Waals surface area (Å²) in [6, 6.07) is 7.79. The fraction of sp³-hybridized carbons (Fsp3) is 0.692. The number of hydrogen-bond acceptors (Lipinski definition) is 7. The third-order valence-electron chi connectivity index (χ3n) is 8.98. The topological polar surface area (TPSA) is 80.3 Å². The van der Waals surface area contributed by atoms with Crippen LogP contribution in [0, 0.1) is 23.2 Å². The van der Waals surface area contributed by atoms with Gasteiger partial charge >= 0.3 is 11.9 Å². The maximum atomic E-state index is 12.6. The van der Waals surface area contributed by atoms with Gasteiger partial charge in [-0.3, -0.25) is 9.59 Å². The van der Waals surface area contributed by atoms with E-state index in [2.05, 4.69) is 0 Å². The van der Waals surface area contributed by atoms with E-state index in [0.29, 0.717) is 17.6 Å². The number of ether oxygens (including phenoxy) is 3. The Morgan fingerprint density at radius 3 is 2.24 bits per heavy atom. The number of esters is 2. The van der Waals surface area contributed by atoms with Crippen LogP contribution in [0.15, 0.2) is 24.3 Å². The van der Waals surface area contributed by atoms with Gasteiger partial charge in [0.15, 0.2) is 0 Å². The molecule has 7 nitrogen and oxygen atoms in total. The molecule has 33 heavy (non-hydrogen) atoms. The molecule has 2 unspecified atom stereocenters. The van der Waals surface area contributed by atoms with Crippen LogP contribution in [0.3, 0.4) is 0 Å². The van der Waals surface area contributed by atoms with E-state index in [1.165, 1.54) is 19.6 Å². The summed E-state index contributed by atoms with van der Waals surface area (Å²) in [6.45, 7) is 1.41. The number of methoxy groups -OCH3 is 1. The van der Waals surface area contributed by atoms with Gasteiger partial charge in [-0.2, -0.15) is 9.78 Å². The molecule has 2 spiro atoms. The van der Waals surface area contributed by atoms with Gasteiger partial charge in [-0.15, -0.1) is 0 Å². The second-order valence-electron chi connectivity index (χ2n) is 11.0. The van der Waals surface area contributed by atoms with Gasteiger partial charge in [0, 0.05) is 31.6 Å². The molecular formula is C26H32O7. The minimum Gasteiger partial charge on any atom is -0.469 e. The molecule has 0 amide bonds. The highest BCUT2D eigenvalue weighted by Crippen LogP contribution is 2.68. The first kappa shape index (κ1) is 21.6. The largest absolute Gasteiger partial charge is 0.469 e. The third kappa shape index (κ3) is 3.34.